The average molecular weight is 411 g/mol. The van der Waals surface area contributed by atoms with Crippen molar-refractivity contribution in [2.75, 3.05) is 11.1 Å². The van der Waals surface area contributed by atoms with E-state index < -0.39 is 0 Å². The van der Waals surface area contributed by atoms with Gasteiger partial charge in [0.15, 0.2) is 10.9 Å². The van der Waals surface area contributed by atoms with E-state index in [0.717, 1.165) is 17.7 Å². The molecule has 0 atom stereocenters. The van der Waals surface area contributed by atoms with Gasteiger partial charge in [-0.1, -0.05) is 59.4 Å². The molecule has 0 unspecified atom stereocenters. The summed E-state index contributed by atoms with van der Waals surface area (Å²) in [6, 6.07) is 17.9. The maximum atomic E-state index is 12.3. The van der Waals surface area contributed by atoms with Gasteiger partial charge in [0.2, 0.25) is 5.91 Å². The molecule has 144 valence electrons. The van der Waals surface area contributed by atoms with Gasteiger partial charge in [0.05, 0.1) is 10.6 Å². The second-order valence-electron chi connectivity index (χ2n) is 6.43. The third-order valence-corrected chi connectivity index (χ3v) is 6.25. The van der Waals surface area contributed by atoms with Crippen LogP contribution >= 0.6 is 23.1 Å². The van der Waals surface area contributed by atoms with Crippen LogP contribution in [0, 0.1) is 6.92 Å². The third kappa shape index (κ3) is 5.53. The number of ketones is 1. The second kappa shape index (κ2) is 9.66. The van der Waals surface area contributed by atoms with E-state index in [1.165, 1.54) is 28.7 Å². The summed E-state index contributed by atoms with van der Waals surface area (Å²) in [7, 11) is 0. The molecule has 4 nitrogen and oxygen atoms in total. The molecule has 0 saturated carbocycles. The van der Waals surface area contributed by atoms with Crippen LogP contribution in [0.4, 0.5) is 5.13 Å². The van der Waals surface area contributed by atoms with Crippen molar-refractivity contribution < 1.29 is 9.59 Å². The fourth-order valence-corrected chi connectivity index (χ4v) is 4.39. The van der Waals surface area contributed by atoms with Gasteiger partial charge in [-0.2, -0.15) is 0 Å². The van der Waals surface area contributed by atoms with Crippen LogP contribution in [0.25, 0.3) is 11.3 Å². The highest BCUT2D eigenvalue weighted by molar-refractivity contribution is 7.99. The first-order valence-corrected chi connectivity index (χ1v) is 10.9. The number of aromatic nitrogens is 1. The Morgan fingerprint density at radius 2 is 1.79 bits per heavy atom. The highest BCUT2D eigenvalue weighted by Crippen LogP contribution is 2.31. The van der Waals surface area contributed by atoms with Crippen LogP contribution in [0.1, 0.15) is 35.0 Å². The fourth-order valence-electron chi connectivity index (χ4n) is 2.64. The van der Waals surface area contributed by atoms with Crippen LogP contribution in [-0.2, 0) is 4.79 Å². The monoisotopic (exact) mass is 410 g/mol. The zero-order chi connectivity index (χ0) is 19.9. The van der Waals surface area contributed by atoms with E-state index in [4.69, 9.17) is 0 Å². The summed E-state index contributed by atoms with van der Waals surface area (Å²) in [4.78, 5) is 30.5. The molecule has 0 fully saturated rings. The van der Waals surface area contributed by atoms with Gasteiger partial charge >= 0.3 is 0 Å². The maximum Gasteiger partial charge on any atom is 0.226 e. The zero-order valence-electron chi connectivity index (χ0n) is 15.9. The van der Waals surface area contributed by atoms with Crippen molar-refractivity contribution in [3.05, 3.63) is 65.0 Å². The summed E-state index contributed by atoms with van der Waals surface area (Å²) in [6.45, 7) is 3.59. The van der Waals surface area contributed by atoms with Crippen molar-refractivity contribution in [1.82, 2.24) is 4.98 Å². The van der Waals surface area contributed by atoms with Gasteiger partial charge in [-0.25, -0.2) is 4.98 Å². The number of thioether (sulfide) groups is 1. The molecule has 0 aliphatic carbocycles. The van der Waals surface area contributed by atoms with Gasteiger partial charge in [0.25, 0.3) is 0 Å². The molecule has 1 aromatic heterocycles. The number of hydrogen-bond donors (Lipinski definition) is 1. The van der Waals surface area contributed by atoms with Crippen LogP contribution in [0.2, 0.25) is 0 Å². The molecule has 0 aliphatic rings. The summed E-state index contributed by atoms with van der Waals surface area (Å²) in [5, 5.41) is 3.31. The second-order valence-corrected chi connectivity index (χ2v) is 8.60. The molecule has 1 amide bonds. The van der Waals surface area contributed by atoms with Crippen LogP contribution in [0.15, 0.2) is 59.5 Å². The maximum absolute atomic E-state index is 12.3. The van der Waals surface area contributed by atoms with Gasteiger partial charge in [0.1, 0.15) is 0 Å². The molecule has 0 spiro atoms. The Balaban J connectivity index is 1.55. The van der Waals surface area contributed by atoms with Crippen LogP contribution < -0.4 is 5.32 Å². The molecule has 3 rings (SSSR count). The standard InChI is InChI=1S/C22H22N2O2S2/c1-15-10-12-18(13-11-15)27-14-6-9-19(26)23-22-24-20(21(28-22)16(2)25)17-7-4-3-5-8-17/h3-5,7-8,10-13H,6,9,14H2,1-2H3,(H,23,24,26). The quantitative estimate of drug-likeness (QED) is 0.288. The number of anilines is 1. The Bertz CT molecular complexity index is 950. The predicted molar refractivity (Wildman–Crippen MR) is 117 cm³/mol. The van der Waals surface area contributed by atoms with Gasteiger partial charge in [0, 0.05) is 23.8 Å². The molecule has 0 bridgehead atoms. The van der Waals surface area contributed by atoms with Crippen LogP contribution in [0.5, 0.6) is 0 Å². The number of rotatable bonds is 8. The number of nitrogens with zero attached hydrogens (tertiary/aromatic N) is 1. The number of thiazole rings is 1. The van der Waals surface area contributed by atoms with Crippen molar-refractivity contribution in [1.29, 1.82) is 0 Å². The summed E-state index contributed by atoms with van der Waals surface area (Å²) < 4.78 is 0. The number of aryl methyl sites for hydroxylation is 1. The largest absolute Gasteiger partial charge is 0.302 e. The lowest BCUT2D eigenvalue weighted by molar-refractivity contribution is -0.116. The Hall–Kier alpha value is -2.44. The molecule has 0 radical (unpaired) electrons. The van der Waals surface area contributed by atoms with E-state index >= 15 is 0 Å². The van der Waals surface area contributed by atoms with Crippen molar-refractivity contribution in [2.45, 2.75) is 31.6 Å². The molecule has 28 heavy (non-hydrogen) atoms. The Labute approximate surface area is 173 Å². The number of carbonyl (C=O) groups is 2. The number of benzene rings is 2. The van der Waals surface area contributed by atoms with Crippen molar-refractivity contribution in [3.8, 4) is 11.3 Å². The lowest BCUT2D eigenvalue weighted by atomic mass is 10.1. The molecule has 2 aromatic carbocycles. The molecular weight excluding hydrogens is 388 g/mol. The number of carbonyl (C=O) groups excluding carboxylic acids is 2. The van der Waals surface area contributed by atoms with Gasteiger partial charge in [-0.15, -0.1) is 11.8 Å². The minimum atomic E-state index is -0.0760. The molecular formula is C22H22N2O2S2. The SMILES string of the molecule is CC(=O)c1sc(NC(=O)CCCSc2ccc(C)cc2)nc1-c1ccccc1. The molecule has 1 N–H and O–H groups in total. The Kier molecular flexibility index (Phi) is 7.01. The van der Waals surface area contributed by atoms with E-state index in [0.29, 0.717) is 22.1 Å². The normalized spacial score (nSPS) is 10.6. The van der Waals surface area contributed by atoms with Gasteiger partial charge < -0.3 is 5.32 Å². The molecule has 1 heterocycles. The summed E-state index contributed by atoms with van der Waals surface area (Å²) in [5.41, 5.74) is 2.74. The summed E-state index contributed by atoms with van der Waals surface area (Å²) in [6.07, 6.45) is 1.20. The first-order chi connectivity index (χ1) is 13.5. The molecule has 0 saturated heterocycles. The Morgan fingerprint density at radius 1 is 1.07 bits per heavy atom. The minimum Gasteiger partial charge on any atom is -0.302 e. The first-order valence-electron chi connectivity index (χ1n) is 9.09. The van der Waals surface area contributed by atoms with Crippen LogP contribution in [0.3, 0.4) is 0 Å². The highest BCUT2D eigenvalue weighted by Gasteiger charge is 2.17. The third-order valence-electron chi connectivity index (χ3n) is 4.08. The van der Waals surface area contributed by atoms with Crippen molar-refractivity contribution in [3.63, 3.8) is 0 Å². The lowest BCUT2D eigenvalue weighted by Gasteiger charge is -2.03. The fraction of sp³-hybridized carbons (Fsp3) is 0.227. The van der Waals surface area contributed by atoms with Crippen molar-refractivity contribution >= 4 is 39.9 Å². The van der Waals surface area contributed by atoms with E-state index in [2.05, 4.69) is 41.5 Å². The molecule has 6 heteroatoms. The van der Waals surface area contributed by atoms with Crippen LogP contribution in [-0.4, -0.2) is 22.4 Å². The lowest BCUT2D eigenvalue weighted by Crippen LogP contribution is -2.11. The predicted octanol–water partition coefficient (Wildman–Crippen LogP) is 5.83. The smallest absolute Gasteiger partial charge is 0.226 e. The number of hydrogen-bond acceptors (Lipinski definition) is 5. The van der Waals surface area contributed by atoms with E-state index in [1.807, 2.05) is 30.3 Å². The summed E-state index contributed by atoms with van der Waals surface area (Å²) in [5.74, 6) is 0.752. The number of Topliss-reactive ketones (excluding diaryl/α,β-unsaturated/α-hetero) is 1. The van der Waals surface area contributed by atoms with Gasteiger partial charge in [-0.3, -0.25) is 9.59 Å². The first kappa shape index (κ1) is 20.3. The Morgan fingerprint density at radius 3 is 2.46 bits per heavy atom. The highest BCUT2D eigenvalue weighted by atomic mass is 32.2. The van der Waals surface area contributed by atoms with E-state index in [1.54, 1.807) is 11.8 Å². The molecule has 3 aromatic rings. The van der Waals surface area contributed by atoms with Gasteiger partial charge in [-0.05, 0) is 31.2 Å². The zero-order valence-corrected chi connectivity index (χ0v) is 17.5. The number of nitrogens with one attached hydrogen (secondary N) is 1. The average Bonchev–Trinajstić information content (AvgIpc) is 3.11. The van der Waals surface area contributed by atoms with E-state index in [9.17, 15) is 9.59 Å². The van der Waals surface area contributed by atoms with Crippen molar-refractivity contribution in [2.24, 2.45) is 0 Å². The van der Waals surface area contributed by atoms with E-state index in [-0.39, 0.29) is 11.7 Å². The number of amides is 1. The molecule has 0 aliphatic heterocycles. The minimum absolute atomic E-state index is 0.0497. The summed E-state index contributed by atoms with van der Waals surface area (Å²) >= 11 is 2.98. The topological polar surface area (TPSA) is 59.1 Å².